The van der Waals surface area contributed by atoms with Gasteiger partial charge in [0.25, 0.3) is 11.8 Å². The number of esters is 1. The molecule has 1 atom stereocenters. The SMILES string of the molecule is CC(=O)C(C)OC(=O)c1ccc(CN2C(=O)c3ccccc3C2=O)cc1. The Morgan fingerprint density at radius 1 is 0.962 bits per heavy atom. The van der Waals surface area contributed by atoms with Crippen LogP contribution in [0.5, 0.6) is 0 Å². The number of ether oxygens (including phenoxy) is 1. The lowest BCUT2D eigenvalue weighted by Crippen LogP contribution is -2.29. The molecule has 1 unspecified atom stereocenters. The van der Waals surface area contributed by atoms with Crippen molar-refractivity contribution in [2.75, 3.05) is 0 Å². The lowest BCUT2D eigenvalue weighted by Gasteiger charge is -2.14. The molecule has 1 aliphatic rings. The van der Waals surface area contributed by atoms with Gasteiger partial charge in [-0.15, -0.1) is 0 Å². The van der Waals surface area contributed by atoms with E-state index in [0.29, 0.717) is 22.3 Å². The van der Waals surface area contributed by atoms with Crippen molar-refractivity contribution in [1.29, 1.82) is 0 Å². The molecule has 0 saturated heterocycles. The van der Waals surface area contributed by atoms with Crippen LogP contribution in [0.2, 0.25) is 0 Å². The Morgan fingerprint density at radius 3 is 2.00 bits per heavy atom. The number of benzene rings is 2. The summed E-state index contributed by atoms with van der Waals surface area (Å²) in [6.45, 7) is 2.98. The molecular weight excluding hydrogens is 334 g/mol. The number of carbonyl (C=O) groups is 4. The fourth-order valence-corrected chi connectivity index (χ4v) is 2.62. The lowest BCUT2D eigenvalue weighted by molar-refractivity contribution is -0.124. The first-order chi connectivity index (χ1) is 12.4. The normalized spacial score (nSPS) is 14.2. The van der Waals surface area contributed by atoms with Crippen molar-refractivity contribution in [3.63, 3.8) is 0 Å². The predicted octanol–water partition coefficient (Wildman–Crippen LogP) is 2.62. The molecule has 0 N–H and O–H groups in total. The van der Waals surface area contributed by atoms with E-state index in [1.165, 1.54) is 18.7 Å². The minimum absolute atomic E-state index is 0.117. The number of rotatable bonds is 5. The fraction of sp³-hybridized carbons (Fsp3) is 0.200. The monoisotopic (exact) mass is 351 g/mol. The van der Waals surface area contributed by atoms with Gasteiger partial charge in [-0.3, -0.25) is 19.3 Å². The van der Waals surface area contributed by atoms with E-state index in [1.807, 2.05) is 0 Å². The third-order valence-corrected chi connectivity index (χ3v) is 4.26. The van der Waals surface area contributed by atoms with Crippen LogP contribution in [0.3, 0.4) is 0 Å². The highest BCUT2D eigenvalue weighted by atomic mass is 16.5. The summed E-state index contributed by atoms with van der Waals surface area (Å²) in [4.78, 5) is 49.1. The molecule has 1 aliphatic heterocycles. The number of Topliss-reactive ketones (excluding diaryl/α,β-unsaturated/α-hetero) is 1. The van der Waals surface area contributed by atoms with E-state index in [1.54, 1.807) is 48.5 Å². The first-order valence-electron chi connectivity index (χ1n) is 8.14. The number of hydrogen-bond donors (Lipinski definition) is 0. The number of nitrogens with zero attached hydrogens (tertiary/aromatic N) is 1. The molecule has 0 bridgehead atoms. The fourth-order valence-electron chi connectivity index (χ4n) is 2.62. The van der Waals surface area contributed by atoms with Gasteiger partial charge in [-0.1, -0.05) is 24.3 Å². The van der Waals surface area contributed by atoms with Crippen LogP contribution in [-0.4, -0.2) is 34.6 Å². The van der Waals surface area contributed by atoms with Crippen LogP contribution < -0.4 is 0 Å². The van der Waals surface area contributed by atoms with E-state index in [0.717, 1.165) is 0 Å². The summed E-state index contributed by atoms with van der Waals surface area (Å²) in [5, 5.41) is 0. The number of hydrogen-bond acceptors (Lipinski definition) is 5. The summed E-state index contributed by atoms with van der Waals surface area (Å²) in [6.07, 6.45) is -0.805. The zero-order valence-electron chi connectivity index (χ0n) is 14.4. The maximum absolute atomic E-state index is 12.4. The second-order valence-electron chi connectivity index (χ2n) is 6.10. The molecule has 6 nitrogen and oxygen atoms in total. The van der Waals surface area contributed by atoms with E-state index in [9.17, 15) is 19.2 Å². The first-order valence-corrected chi connectivity index (χ1v) is 8.14. The third-order valence-electron chi connectivity index (χ3n) is 4.26. The Bertz CT molecular complexity index is 866. The van der Waals surface area contributed by atoms with Gasteiger partial charge in [-0.25, -0.2) is 4.79 Å². The van der Waals surface area contributed by atoms with Gasteiger partial charge in [0.15, 0.2) is 11.9 Å². The van der Waals surface area contributed by atoms with Gasteiger partial charge < -0.3 is 4.74 Å². The molecule has 132 valence electrons. The van der Waals surface area contributed by atoms with Crippen LogP contribution in [0, 0.1) is 0 Å². The quantitative estimate of drug-likeness (QED) is 0.611. The van der Waals surface area contributed by atoms with Crippen molar-refractivity contribution in [3.05, 3.63) is 70.8 Å². The summed E-state index contributed by atoms with van der Waals surface area (Å²) < 4.78 is 5.04. The zero-order valence-corrected chi connectivity index (χ0v) is 14.4. The number of amides is 2. The van der Waals surface area contributed by atoms with E-state index in [-0.39, 0.29) is 24.1 Å². The topological polar surface area (TPSA) is 80.8 Å². The van der Waals surface area contributed by atoms with E-state index >= 15 is 0 Å². The van der Waals surface area contributed by atoms with Gasteiger partial charge >= 0.3 is 5.97 Å². The summed E-state index contributed by atoms with van der Waals surface area (Å²) in [7, 11) is 0. The number of imide groups is 1. The standard InChI is InChI=1S/C20H17NO5/c1-12(22)13(2)26-20(25)15-9-7-14(8-10-15)11-21-18(23)16-5-3-4-6-17(16)19(21)24/h3-10,13H,11H2,1-2H3. The summed E-state index contributed by atoms with van der Waals surface area (Å²) in [5.41, 5.74) is 1.80. The molecule has 2 aromatic carbocycles. The molecule has 0 aromatic heterocycles. The Kier molecular flexibility index (Phi) is 4.67. The smallest absolute Gasteiger partial charge is 0.338 e. The maximum Gasteiger partial charge on any atom is 0.338 e. The molecule has 0 spiro atoms. The number of carbonyl (C=O) groups excluding carboxylic acids is 4. The Morgan fingerprint density at radius 2 is 1.50 bits per heavy atom. The summed E-state index contributed by atoms with van der Waals surface area (Å²) in [6, 6.07) is 13.1. The van der Waals surface area contributed by atoms with E-state index in [2.05, 4.69) is 0 Å². The number of fused-ring (bicyclic) bond motifs is 1. The molecule has 0 aliphatic carbocycles. The van der Waals surface area contributed by atoms with Crippen LogP contribution in [-0.2, 0) is 16.1 Å². The molecule has 2 aromatic rings. The van der Waals surface area contributed by atoms with Crippen LogP contribution in [0.1, 0.15) is 50.5 Å². The van der Waals surface area contributed by atoms with Crippen molar-refractivity contribution in [1.82, 2.24) is 4.90 Å². The molecule has 0 radical (unpaired) electrons. The highest BCUT2D eigenvalue weighted by Gasteiger charge is 2.34. The van der Waals surface area contributed by atoms with Crippen molar-refractivity contribution < 1.29 is 23.9 Å². The molecule has 0 fully saturated rings. The molecule has 6 heteroatoms. The van der Waals surface area contributed by atoms with Gasteiger partial charge in [-0.05, 0) is 43.7 Å². The van der Waals surface area contributed by atoms with Crippen LogP contribution in [0.4, 0.5) is 0 Å². The minimum atomic E-state index is -0.805. The minimum Gasteiger partial charge on any atom is -0.451 e. The van der Waals surface area contributed by atoms with E-state index in [4.69, 9.17) is 4.74 Å². The van der Waals surface area contributed by atoms with Gasteiger partial charge in [0, 0.05) is 0 Å². The van der Waals surface area contributed by atoms with Gasteiger partial charge in [0.05, 0.1) is 23.2 Å². The summed E-state index contributed by atoms with van der Waals surface area (Å²) >= 11 is 0. The van der Waals surface area contributed by atoms with Crippen LogP contribution in [0.15, 0.2) is 48.5 Å². The Labute approximate surface area is 150 Å². The lowest BCUT2D eigenvalue weighted by atomic mass is 10.1. The Balaban J connectivity index is 1.71. The Hall–Kier alpha value is -3.28. The number of ketones is 1. The average Bonchev–Trinajstić information content (AvgIpc) is 2.87. The average molecular weight is 351 g/mol. The largest absolute Gasteiger partial charge is 0.451 e. The highest BCUT2D eigenvalue weighted by Crippen LogP contribution is 2.24. The summed E-state index contributed by atoms with van der Waals surface area (Å²) in [5.74, 6) is -1.49. The van der Waals surface area contributed by atoms with Crippen LogP contribution >= 0.6 is 0 Å². The zero-order chi connectivity index (χ0) is 18.8. The van der Waals surface area contributed by atoms with Crippen LogP contribution in [0.25, 0.3) is 0 Å². The third kappa shape index (κ3) is 3.26. The van der Waals surface area contributed by atoms with Crippen molar-refractivity contribution in [2.45, 2.75) is 26.5 Å². The first kappa shape index (κ1) is 17.5. The maximum atomic E-state index is 12.4. The second-order valence-corrected chi connectivity index (χ2v) is 6.10. The highest BCUT2D eigenvalue weighted by molar-refractivity contribution is 6.21. The molecule has 26 heavy (non-hydrogen) atoms. The molecule has 0 saturated carbocycles. The van der Waals surface area contributed by atoms with Crippen molar-refractivity contribution in [3.8, 4) is 0 Å². The molecule has 1 heterocycles. The van der Waals surface area contributed by atoms with Gasteiger partial charge in [0.1, 0.15) is 0 Å². The van der Waals surface area contributed by atoms with Crippen molar-refractivity contribution in [2.24, 2.45) is 0 Å². The van der Waals surface area contributed by atoms with Gasteiger partial charge in [-0.2, -0.15) is 0 Å². The molecular formula is C20H17NO5. The van der Waals surface area contributed by atoms with Gasteiger partial charge in [0.2, 0.25) is 0 Å². The van der Waals surface area contributed by atoms with Crippen molar-refractivity contribution >= 4 is 23.6 Å². The molecule has 3 rings (SSSR count). The molecule has 2 amide bonds. The predicted molar refractivity (Wildman–Crippen MR) is 92.6 cm³/mol. The second kappa shape index (κ2) is 6.92. The van der Waals surface area contributed by atoms with E-state index < -0.39 is 12.1 Å².